The average molecular weight is 277 g/mol. The van der Waals surface area contributed by atoms with E-state index < -0.39 is 16.4 Å². The Bertz CT molecular complexity index is 428. The van der Waals surface area contributed by atoms with Crippen molar-refractivity contribution in [3.8, 4) is 0 Å². The second kappa shape index (κ2) is 5.72. The van der Waals surface area contributed by atoms with Crippen LogP contribution in [0.3, 0.4) is 0 Å². The molecule has 0 amide bonds. The highest BCUT2D eigenvalue weighted by atomic mass is 28.4. The molecule has 1 nitrogen and oxygen atoms in total. The van der Waals surface area contributed by atoms with E-state index in [4.69, 9.17) is 4.43 Å². The Morgan fingerprint density at radius 3 is 2.06 bits per heavy atom. The maximum Gasteiger partial charge on any atom is 0.241 e. The van der Waals surface area contributed by atoms with Crippen molar-refractivity contribution in [3.05, 3.63) is 54.4 Å². The molecule has 0 saturated carbocycles. The van der Waals surface area contributed by atoms with Crippen LogP contribution in [0.15, 0.2) is 54.4 Å². The standard InChI is InChI=1S/C15H24OSi2/c1-7-11-15(16-17(2,3)4)18(5,6)14-12-9-8-10-13-14/h7-13H,1H2,2-6H3/b15-11+. The van der Waals surface area contributed by atoms with E-state index in [1.165, 1.54) is 5.19 Å². The Labute approximate surface area is 113 Å². The van der Waals surface area contributed by atoms with E-state index in [1.54, 1.807) is 0 Å². The van der Waals surface area contributed by atoms with Gasteiger partial charge in [-0.05, 0) is 25.7 Å². The molecule has 0 bridgehead atoms. The summed E-state index contributed by atoms with van der Waals surface area (Å²) in [6, 6.07) is 10.7. The second-order valence-corrected chi connectivity index (χ2v) is 14.7. The summed E-state index contributed by atoms with van der Waals surface area (Å²) in [4.78, 5) is 0. The van der Waals surface area contributed by atoms with Crippen LogP contribution >= 0.6 is 0 Å². The number of hydrogen-bond acceptors (Lipinski definition) is 1. The minimum Gasteiger partial charge on any atom is -0.551 e. The summed E-state index contributed by atoms with van der Waals surface area (Å²) in [6.45, 7) is 15.1. The fourth-order valence-electron chi connectivity index (χ4n) is 1.80. The molecule has 18 heavy (non-hydrogen) atoms. The third kappa shape index (κ3) is 4.00. The lowest BCUT2D eigenvalue weighted by Crippen LogP contribution is -2.47. The molecule has 0 radical (unpaired) electrons. The van der Waals surface area contributed by atoms with Gasteiger partial charge in [0.15, 0.2) is 8.07 Å². The summed E-state index contributed by atoms with van der Waals surface area (Å²) >= 11 is 0. The van der Waals surface area contributed by atoms with Crippen molar-refractivity contribution in [1.29, 1.82) is 0 Å². The molecule has 0 aliphatic heterocycles. The fourth-order valence-corrected chi connectivity index (χ4v) is 6.32. The van der Waals surface area contributed by atoms with Gasteiger partial charge in [-0.3, -0.25) is 0 Å². The minimum absolute atomic E-state index is 1.14. The first-order valence-corrected chi connectivity index (χ1v) is 12.8. The van der Waals surface area contributed by atoms with Crippen LogP contribution in [0, 0.1) is 0 Å². The largest absolute Gasteiger partial charge is 0.551 e. The second-order valence-electron chi connectivity index (χ2n) is 5.97. The smallest absolute Gasteiger partial charge is 0.241 e. The van der Waals surface area contributed by atoms with Crippen LogP contribution in [0.5, 0.6) is 0 Å². The van der Waals surface area contributed by atoms with Gasteiger partial charge in [0.1, 0.15) is 0 Å². The molecule has 0 aromatic heterocycles. The molecule has 0 aliphatic carbocycles. The number of rotatable bonds is 5. The van der Waals surface area contributed by atoms with E-state index in [0.717, 1.165) is 5.38 Å². The van der Waals surface area contributed by atoms with E-state index in [0.29, 0.717) is 0 Å². The average Bonchev–Trinajstić information content (AvgIpc) is 2.28. The van der Waals surface area contributed by atoms with Gasteiger partial charge in [0, 0.05) is 0 Å². The molecule has 0 spiro atoms. The minimum atomic E-state index is -1.74. The Morgan fingerprint density at radius 1 is 1.06 bits per heavy atom. The fraction of sp³-hybridized carbons (Fsp3) is 0.333. The lowest BCUT2D eigenvalue weighted by Gasteiger charge is -2.32. The maximum atomic E-state index is 6.29. The summed E-state index contributed by atoms with van der Waals surface area (Å²) in [5, 5.41) is 2.54. The lowest BCUT2D eigenvalue weighted by molar-refractivity contribution is 0.453. The molecular weight excluding hydrogens is 252 g/mol. The van der Waals surface area contributed by atoms with Gasteiger partial charge in [0.2, 0.25) is 8.32 Å². The molecule has 0 unspecified atom stereocenters. The molecule has 0 aliphatic rings. The summed E-state index contributed by atoms with van der Waals surface area (Å²) in [6.07, 6.45) is 3.89. The molecule has 0 N–H and O–H groups in total. The molecular formula is C15H24OSi2. The molecule has 1 aromatic carbocycles. The van der Waals surface area contributed by atoms with Gasteiger partial charge in [-0.25, -0.2) is 0 Å². The van der Waals surface area contributed by atoms with Gasteiger partial charge >= 0.3 is 0 Å². The van der Waals surface area contributed by atoms with Crippen LogP contribution in [0.4, 0.5) is 0 Å². The SMILES string of the molecule is C=C/C=C(\O[Si](C)(C)C)[Si](C)(C)c1ccccc1. The molecule has 1 rings (SSSR count). The van der Waals surface area contributed by atoms with Crippen molar-refractivity contribution < 1.29 is 4.43 Å². The quantitative estimate of drug-likeness (QED) is 0.448. The molecule has 3 heteroatoms. The lowest BCUT2D eigenvalue weighted by atomic mass is 10.4. The number of allylic oxidation sites excluding steroid dienone is 2. The summed E-state index contributed by atoms with van der Waals surface area (Å²) in [5.74, 6) is 0. The molecule has 0 heterocycles. The normalized spacial score (nSPS) is 13.3. The zero-order valence-electron chi connectivity index (χ0n) is 12.2. The van der Waals surface area contributed by atoms with E-state index >= 15 is 0 Å². The van der Waals surface area contributed by atoms with Gasteiger partial charge in [-0.15, -0.1) is 0 Å². The van der Waals surface area contributed by atoms with Crippen LogP contribution < -0.4 is 5.19 Å². The first-order valence-electron chi connectivity index (χ1n) is 6.35. The molecule has 0 fully saturated rings. The van der Waals surface area contributed by atoms with Gasteiger partial charge in [-0.2, -0.15) is 0 Å². The third-order valence-electron chi connectivity index (χ3n) is 2.80. The van der Waals surface area contributed by atoms with Crippen LogP contribution in [0.25, 0.3) is 0 Å². The topological polar surface area (TPSA) is 9.23 Å². The predicted octanol–water partition coefficient (Wildman–Crippen LogP) is 4.06. The van der Waals surface area contributed by atoms with Crippen LogP contribution in [0.2, 0.25) is 32.7 Å². The van der Waals surface area contributed by atoms with E-state index in [2.05, 4.69) is 75.7 Å². The van der Waals surface area contributed by atoms with Crippen molar-refractivity contribution in [1.82, 2.24) is 0 Å². The summed E-state index contributed by atoms with van der Waals surface area (Å²) in [5.41, 5.74) is 0. The predicted molar refractivity (Wildman–Crippen MR) is 86.3 cm³/mol. The molecule has 0 atom stereocenters. The van der Waals surface area contributed by atoms with E-state index in [1.807, 2.05) is 6.08 Å². The first-order chi connectivity index (χ1) is 8.27. The number of benzene rings is 1. The van der Waals surface area contributed by atoms with E-state index in [-0.39, 0.29) is 0 Å². The Hall–Kier alpha value is -1.07. The van der Waals surface area contributed by atoms with Gasteiger partial charge in [-0.1, -0.05) is 61.3 Å². The third-order valence-corrected chi connectivity index (χ3v) is 7.11. The van der Waals surface area contributed by atoms with Crippen molar-refractivity contribution in [2.24, 2.45) is 0 Å². The monoisotopic (exact) mass is 276 g/mol. The Morgan fingerprint density at radius 2 is 1.61 bits per heavy atom. The highest BCUT2D eigenvalue weighted by Gasteiger charge is 2.32. The van der Waals surface area contributed by atoms with Crippen molar-refractivity contribution >= 4 is 21.6 Å². The Kier molecular flexibility index (Phi) is 4.76. The highest BCUT2D eigenvalue weighted by molar-refractivity contribution is 6.96. The van der Waals surface area contributed by atoms with Gasteiger partial charge in [0.25, 0.3) is 0 Å². The summed E-state index contributed by atoms with van der Waals surface area (Å²) < 4.78 is 6.29. The zero-order chi connectivity index (χ0) is 13.8. The molecule has 98 valence electrons. The van der Waals surface area contributed by atoms with Crippen molar-refractivity contribution in [3.63, 3.8) is 0 Å². The zero-order valence-corrected chi connectivity index (χ0v) is 14.2. The molecule has 1 aromatic rings. The Balaban J connectivity index is 3.13. The van der Waals surface area contributed by atoms with Crippen LogP contribution in [-0.4, -0.2) is 16.4 Å². The first kappa shape index (κ1) is 15.0. The number of hydrogen-bond donors (Lipinski definition) is 0. The van der Waals surface area contributed by atoms with Gasteiger partial charge in [0.05, 0.1) is 5.38 Å². The molecule has 0 saturated heterocycles. The highest BCUT2D eigenvalue weighted by Crippen LogP contribution is 2.21. The van der Waals surface area contributed by atoms with E-state index in [9.17, 15) is 0 Å². The maximum absolute atomic E-state index is 6.29. The van der Waals surface area contributed by atoms with Crippen LogP contribution in [-0.2, 0) is 4.43 Å². The van der Waals surface area contributed by atoms with Gasteiger partial charge < -0.3 is 4.43 Å². The van der Waals surface area contributed by atoms with Crippen molar-refractivity contribution in [2.75, 3.05) is 0 Å². The van der Waals surface area contributed by atoms with Crippen molar-refractivity contribution in [2.45, 2.75) is 32.7 Å². The van der Waals surface area contributed by atoms with Crippen LogP contribution in [0.1, 0.15) is 0 Å². The summed E-state index contributed by atoms with van der Waals surface area (Å²) in [7, 11) is -3.32.